The Morgan fingerprint density at radius 1 is 0.242 bits per heavy atom. The molecule has 2 N–H and O–H groups in total. The van der Waals surface area contributed by atoms with Crippen molar-refractivity contribution in [1.82, 2.24) is 0 Å². The summed E-state index contributed by atoms with van der Waals surface area (Å²) in [6, 6.07) is 92.2. The standard InChI is InChI=1S/C64H44N2/c1-4-16-43(17-5-1)53-37-54(44-18-6-2-7-19-44)39-55(38-53)65-62-35-34-51(40-60(62)47-20-8-3-9-21-47)46-32-30-45(31-33-46)48-24-14-25-52(36-48)56-28-15-29-59-57-26-12-13-27-58(57)61-41-49-22-10-11-23-50(49)42-63(61)66-64(56)59/h1-42,65-66H. The van der Waals surface area contributed by atoms with Gasteiger partial charge in [0, 0.05) is 39.3 Å². The van der Waals surface area contributed by atoms with Gasteiger partial charge in [0.25, 0.3) is 0 Å². The molecule has 1 aliphatic heterocycles. The molecule has 11 aromatic carbocycles. The molecule has 0 bridgehead atoms. The molecule has 310 valence electrons. The Kier molecular flexibility index (Phi) is 9.89. The number of fused-ring (bicyclic) bond motifs is 6. The van der Waals surface area contributed by atoms with Crippen molar-refractivity contribution in [3.05, 3.63) is 255 Å². The summed E-state index contributed by atoms with van der Waals surface area (Å²) in [5.41, 5.74) is 23.3. The van der Waals surface area contributed by atoms with E-state index in [2.05, 4.69) is 265 Å². The molecular formula is C64H44N2. The summed E-state index contributed by atoms with van der Waals surface area (Å²) in [5, 5.41) is 10.3. The van der Waals surface area contributed by atoms with Gasteiger partial charge in [0.05, 0.1) is 5.69 Å². The first-order valence-corrected chi connectivity index (χ1v) is 22.6. The van der Waals surface area contributed by atoms with Crippen LogP contribution in [0.5, 0.6) is 0 Å². The predicted octanol–water partition coefficient (Wildman–Crippen LogP) is 18.0. The SMILES string of the molecule is c1ccc(-c2cc(Nc3ccc(-c4ccc(-c5cccc(-c6cccc7c6Nc6cc8ccccc8cc6-c6ccccc6-7)c5)cc4)cc3-c3ccccc3)cc(-c3ccccc3)c2)cc1. The van der Waals surface area contributed by atoms with Crippen molar-refractivity contribution in [2.24, 2.45) is 0 Å². The average Bonchev–Trinajstić information content (AvgIpc) is 3.53. The smallest absolute Gasteiger partial charge is 0.0543 e. The zero-order chi connectivity index (χ0) is 43.8. The van der Waals surface area contributed by atoms with Crippen molar-refractivity contribution >= 4 is 33.5 Å². The lowest BCUT2D eigenvalue weighted by atomic mass is 9.91. The van der Waals surface area contributed by atoms with Crippen molar-refractivity contribution in [2.75, 3.05) is 10.6 Å². The Balaban J connectivity index is 0.878. The summed E-state index contributed by atoms with van der Waals surface area (Å²) in [5.74, 6) is 0. The van der Waals surface area contributed by atoms with E-state index in [0.717, 1.165) is 39.4 Å². The minimum atomic E-state index is 1.04. The van der Waals surface area contributed by atoms with Crippen molar-refractivity contribution < 1.29 is 0 Å². The van der Waals surface area contributed by atoms with E-state index in [9.17, 15) is 0 Å². The van der Waals surface area contributed by atoms with Crippen molar-refractivity contribution in [2.45, 2.75) is 0 Å². The minimum absolute atomic E-state index is 1.04. The van der Waals surface area contributed by atoms with Crippen LogP contribution >= 0.6 is 0 Å². The number of nitrogens with one attached hydrogen (secondary N) is 2. The van der Waals surface area contributed by atoms with Gasteiger partial charge in [0.15, 0.2) is 0 Å². The topological polar surface area (TPSA) is 24.1 Å². The summed E-state index contributed by atoms with van der Waals surface area (Å²) in [7, 11) is 0. The first-order valence-electron chi connectivity index (χ1n) is 22.6. The largest absolute Gasteiger partial charge is 0.355 e. The fraction of sp³-hybridized carbons (Fsp3) is 0. The third kappa shape index (κ3) is 7.41. The van der Waals surface area contributed by atoms with E-state index in [1.807, 2.05) is 0 Å². The Morgan fingerprint density at radius 3 is 1.36 bits per heavy atom. The molecule has 0 fully saturated rings. The van der Waals surface area contributed by atoms with Crippen molar-refractivity contribution in [3.8, 4) is 89.0 Å². The van der Waals surface area contributed by atoms with Gasteiger partial charge in [-0.15, -0.1) is 0 Å². The highest BCUT2D eigenvalue weighted by atomic mass is 14.9. The second kappa shape index (κ2) is 16.8. The molecule has 0 aliphatic carbocycles. The molecule has 0 amide bonds. The number of anilines is 4. The average molecular weight is 841 g/mol. The van der Waals surface area contributed by atoms with Crippen LogP contribution in [0.4, 0.5) is 22.7 Å². The lowest BCUT2D eigenvalue weighted by molar-refractivity contribution is 1.51. The van der Waals surface area contributed by atoms with E-state index in [-0.39, 0.29) is 0 Å². The highest BCUT2D eigenvalue weighted by molar-refractivity contribution is 6.06. The summed E-state index contributed by atoms with van der Waals surface area (Å²) in [6.07, 6.45) is 0. The van der Waals surface area contributed by atoms with Crippen LogP contribution < -0.4 is 10.6 Å². The molecule has 0 saturated heterocycles. The normalized spacial score (nSPS) is 11.5. The molecule has 11 aromatic rings. The van der Waals surface area contributed by atoms with Gasteiger partial charge in [-0.3, -0.25) is 0 Å². The van der Waals surface area contributed by atoms with Gasteiger partial charge in [-0.25, -0.2) is 0 Å². The number of rotatable bonds is 8. The molecule has 12 rings (SSSR count). The van der Waals surface area contributed by atoms with Crippen LogP contribution in [-0.2, 0) is 0 Å². The maximum absolute atomic E-state index is 3.94. The van der Waals surface area contributed by atoms with Crippen LogP contribution in [0.2, 0.25) is 0 Å². The fourth-order valence-corrected chi connectivity index (χ4v) is 9.67. The molecule has 0 spiro atoms. The Hall–Kier alpha value is -8.72. The van der Waals surface area contributed by atoms with Gasteiger partial charge in [0.2, 0.25) is 0 Å². The Bertz CT molecular complexity index is 3500. The summed E-state index contributed by atoms with van der Waals surface area (Å²) < 4.78 is 0. The third-order valence-electron chi connectivity index (χ3n) is 13.0. The van der Waals surface area contributed by atoms with Crippen LogP contribution in [0.25, 0.3) is 99.8 Å². The first-order chi connectivity index (χ1) is 32.7. The van der Waals surface area contributed by atoms with Crippen LogP contribution in [0.3, 0.4) is 0 Å². The van der Waals surface area contributed by atoms with Gasteiger partial charge < -0.3 is 10.6 Å². The van der Waals surface area contributed by atoms with E-state index < -0.39 is 0 Å². The van der Waals surface area contributed by atoms with Gasteiger partial charge in [0.1, 0.15) is 0 Å². The molecule has 2 nitrogen and oxygen atoms in total. The molecule has 1 aliphatic rings. The molecule has 0 unspecified atom stereocenters. The number of para-hydroxylation sites is 1. The molecular weight excluding hydrogens is 797 g/mol. The van der Waals surface area contributed by atoms with E-state index in [1.165, 1.54) is 83.1 Å². The molecule has 1 heterocycles. The van der Waals surface area contributed by atoms with Crippen LogP contribution in [-0.4, -0.2) is 0 Å². The van der Waals surface area contributed by atoms with Crippen molar-refractivity contribution in [1.29, 1.82) is 0 Å². The minimum Gasteiger partial charge on any atom is -0.355 e. The number of benzene rings is 11. The highest BCUT2D eigenvalue weighted by Crippen LogP contribution is 2.49. The Morgan fingerprint density at radius 2 is 0.697 bits per heavy atom. The fourth-order valence-electron chi connectivity index (χ4n) is 9.67. The predicted molar refractivity (Wildman–Crippen MR) is 280 cm³/mol. The molecule has 0 aromatic heterocycles. The number of hydrogen-bond donors (Lipinski definition) is 2. The maximum Gasteiger partial charge on any atom is 0.0543 e. The summed E-state index contributed by atoms with van der Waals surface area (Å²) >= 11 is 0. The van der Waals surface area contributed by atoms with Gasteiger partial charge >= 0.3 is 0 Å². The van der Waals surface area contributed by atoms with Crippen LogP contribution in [0, 0.1) is 0 Å². The van der Waals surface area contributed by atoms with E-state index in [0.29, 0.717) is 0 Å². The quantitative estimate of drug-likeness (QED) is 0.159. The zero-order valence-electron chi connectivity index (χ0n) is 36.2. The lowest BCUT2D eigenvalue weighted by Crippen LogP contribution is -1.96. The zero-order valence-corrected chi connectivity index (χ0v) is 36.2. The van der Waals surface area contributed by atoms with Gasteiger partial charge in [-0.1, -0.05) is 206 Å². The molecule has 0 radical (unpaired) electrons. The molecule has 0 atom stereocenters. The van der Waals surface area contributed by atoms with Gasteiger partial charge in [-0.05, 0) is 126 Å². The molecule has 66 heavy (non-hydrogen) atoms. The number of hydrogen-bond acceptors (Lipinski definition) is 2. The highest BCUT2D eigenvalue weighted by Gasteiger charge is 2.22. The van der Waals surface area contributed by atoms with Crippen LogP contribution in [0.15, 0.2) is 255 Å². The maximum atomic E-state index is 3.94. The van der Waals surface area contributed by atoms with E-state index in [1.54, 1.807) is 0 Å². The molecule has 0 saturated carbocycles. The second-order valence-corrected chi connectivity index (χ2v) is 17.1. The summed E-state index contributed by atoms with van der Waals surface area (Å²) in [6.45, 7) is 0. The molecule has 2 heteroatoms. The monoisotopic (exact) mass is 840 g/mol. The van der Waals surface area contributed by atoms with E-state index in [4.69, 9.17) is 0 Å². The second-order valence-electron chi connectivity index (χ2n) is 17.1. The van der Waals surface area contributed by atoms with Crippen LogP contribution in [0.1, 0.15) is 0 Å². The Labute approximate surface area is 386 Å². The third-order valence-corrected chi connectivity index (χ3v) is 13.0. The van der Waals surface area contributed by atoms with Crippen molar-refractivity contribution in [3.63, 3.8) is 0 Å². The first kappa shape index (κ1) is 38.9. The van der Waals surface area contributed by atoms with E-state index >= 15 is 0 Å². The lowest BCUT2D eigenvalue weighted by Gasteiger charge is -2.17. The summed E-state index contributed by atoms with van der Waals surface area (Å²) in [4.78, 5) is 0. The van der Waals surface area contributed by atoms with Gasteiger partial charge in [-0.2, -0.15) is 0 Å².